The van der Waals surface area contributed by atoms with E-state index in [2.05, 4.69) is 0 Å². The van der Waals surface area contributed by atoms with Gasteiger partial charge in [-0.05, 0) is 18.2 Å². The van der Waals surface area contributed by atoms with Crippen molar-refractivity contribution in [1.82, 2.24) is 4.90 Å². The normalized spacial score (nSPS) is 24.1. The lowest BCUT2D eigenvalue weighted by Gasteiger charge is -2.44. The molecule has 0 radical (unpaired) electrons. The van der Waals surface area contributed by atoms with E-state index in [-0.39, 0.29) is 33.1 Å². The second-order valence-electron chi connectivity index (χ2n) is 4.53. The standard InChI is InChI=1S/C13H11NO5S2/c15-10-5-11-14(10)8(12(16)17)4-7(21-11)6-20-13(18)9-2-1-3-19-9/h1-4,7,11H,5-6H2,(H,16,17)/t7?,11-/m0/s1. The van der Waals surface area contributed by atoms with E-state index in [1.165, 1.54) is 22.9 Å². The summed E-state index contributed by atoms with van der Waals surface area (Å²) in [5.74, 6) is -0.553. The molecular formula is C13H11NO5S2. The highest BCUT2D eigenvalue weighted by Crippen LogP contribution is 2.41. The average Bonchev–Trinajstić information content (AvgIpc) is 2.96. The van der Waals surface area contributed by atoms with Gasteiger partial charge >= 0.3 is 5.97 Å². The summed E-state index contributed by atoms with van der Waals surface area (Å²) in [6.45, 7) is 0. The molecule has 2 atom stereocenters. The molecule has 3 rings (SSSR count). The second-order valence-corrected chi connectivity index (χ2v) is 6.94. The molecule has 1 N–H and O–H groups in total. The van der Waals surface area contributed by atoms with Crippen LogP contribution in [0.2, 0.25) is 0 Å². The quantitative estimate of drug-likeness (QED) is 0.844. The Labute approximate surface area is 128 Å². The molecule has 1 amide bonds. The molecule has 0 saturated carbocycles. The summed E-state index contributed by atoms with van der Waals surface area (Å²) in [5, 5.41) is 8.74. The maximum absolute atomic E-state index is 11.8. The molecular weight excluding hydrogens is 314 g/mol. The zero-order chi connectivity index (χ0) is 15.0. The fraction of sp³-hybridized carbons (Fsp3) is 0.308. The smallest absolute Gasteiger partial charge is 0.352 e. The first-order valence-corrected chi connectivity index (χ1v) is 8.12. The van der Waals surface area contributed by atoms with Crippen LogP contribution >= 0.6 is 23.5 Å². The number of fused-ring (bicyclic) bond motifs is 1. The summed E-state index contributed by atoms with van der Waals surface area (Å²) in [6.07, 6.45) is 3.33. The third-order valence-electron chi connectivity index (χ3n) is 3.16. The van der Waals surface area contributed by atoms with Crippen LogP contribution in [0.25, 0.3) is 0 Å². The van der Waals surface area contributed by atoms with Gasteiger partial charge in [0.05, 0.1) is 18.1 Å². The number of carbonyl (C=O) groups excluding carboxylic acids is 2. The van der Waals surface area contributed by atoms with Crippen LogP contribution in [0.3, 0.4) is 0 Å². The number of nitrogens with zero attached hydrogens (tertiary/aromatic N) is 1. The van der Waals surface area contributed by atoms with Gasteiger partial charge in [-0.2, -0.15) is 0 Å². The summed E-state index contributed by atoms with van der Waals surface area (Å²) in [5.41, 5.74) is 0.0195. The fourth-order valence-corrected chi connectivity index (χ4v) is 4.56. The van der Waals surface area contributed by atoms with Crippen LogP contribution < -0.4 is 0 Å². The van der Waals surface area contributed by atoms with Crippen LogP contribution in [0.1, 0.15) is 17.0 Å². The third kappa shape index (κ3) is 2.73. The molecule has 8 heteroatoms. The third-order valence-corrected chi connectivity index (χ3v) is 5.71. The Bertz CT molecular complexity index is 625. The van der Waals surface area contributed by atoms with Gasteiger partial charge in [0.2, 0.25) is 5.91 Å². The minimum absolute atomic E-state index is 0.0195. The molecule has 0 spiro atoms. The molecule has 110 valence electrons. The van der Waals surface area contributed by atoms with Crippen molar-refractivity contribution in [2.75, 3.05) is 5.75 Å². The Hall–Kier alpha value is -1.67. The van der Waals surface area contributed by atoms with Crippen molar-refractivity contribution >= 4 is 40.5 Å². The first-order valence-electron chi connectivity index (χ1n) is 6.19. The molecule has 2 aliphatic heterocycles. The summed E-state index contributed by atoms with van der Waals surface area (Å²) >= 11 is 2.60. The Morgan fingerprint density at radius 2 is 2.33 bits per heavy atom. The zero-order valence-corrected chi connectivity index (χ0v) is 12.4. The lowest BCUT2D eigenvalue weighted by atomic mass is 10.1. The summed E-state index contributed by atoms with van der Waals surface area (Å²) in [7, 11) is 0. The number of thioether (sulfide) groups is 2. The highest BCUT2D eigenvalue weighted by atomic mass is 32.2. The van der Waals surface area contributed by atoms with Crippen LogP contribution in [0.15, 0.2) is 34.6 Å². The van der Waals surface area contributed by atoms with Crippen LogP contribution in [0.5, 0.6) is 0 Å². The van der Waals surface area contributed by atoms with Crippen molar-refractivity contribution in [1.29, 1.82) is 0 Å². The maximum atomic E-state index is 11.8. The number of rotatable bonds is 4. The molecule has 0 aromatic carbocycles. The largest absolute Gasteiger partial charge is 0.477 e. The summed E-state index contributed by atoms with van der Waals surface area (Å²) < 4.78 is 5.02. The van der Waals surface area contributed by atoms with Gasteiger partial charge in [0.25, 0.3) is 5.12 Å². The molecule has 1 aromatic rings. The number of hydrogen-bond donors (Lipinski definition) is 1. The Kier molecular flexibility index (Phi) is 3.81. The van der Waals surface area contributed by atoms with Crippen molar-refractivity contribution in [3.8, 4) is 0 Å². The van der Waals surface area contributed by atoms with Crippen molar-refractivity contribution in [3.05, 3.63) is 35.9 Å². The minimum Gasteiger partial charge on any atom is -0.477 e. The van der Waals surface area contributed by atoms with Crippen molar-refractivity contribution < 1.29 is 23.9 Å². The van der Waals surface area contributed by atoms with Gasteiger partial charge in [0.15, 0.2) is 5.76 Å². The van der Waals surface area contributed by atoms with E-state index in [1.807, 2.05) is 0 Å². The molecule has 1 saturated heterocycles. The lowest BCUT2D eigenvalue weighted by molar-refractivity contribution is -0.146. The number of amides is 1. The summed E-state index contributed by atoms with van der Waals surface area (Å²) in [6, 6.07) is 3.23. The highest BCUT2D eigenvalue weighted by molar-refractivity contribution is 8.15. The Balaban J connectivity index is 1.66. The fourth-order valence-electron chi connectivity index (χ4n) is 2.17. The van der Waals surface area contributed by atoms with Gasteiger partial charge < -0.3 is 9.52 Å². The van der Waals surface area contributed by atoms with Crippen molar-refractivity contribution in [2.45, 2.75) is 17.0 Å². The van der Waals surface area contributed by atoms with E-state index in [0.717, 1.165) is 11.8 Å². The first kappa shape index (κ1) is 14.3. The number of carboxylic acids is 1. The monoisotopic (exact) mass is 325 g/mol. The Morgan fingerprint density at radius 1 is 1.52 bits per heavy atom. The van der Waals surface area contributed by atoms with E-state index in [0.29, 0.717) is 12.2 Å². The molecule has 1 aromatic heterocycles. The molecule has 1 fully saturated rings. The van der Waals surface area contributed by atoms with E-state index in [4.69, 9.17) is 9.52 Å². The van der Waals surface area contributed by atoms with E-state index >= 15 is 0 Å². The predicted molar refractivity (Wildman–Crippen MR) is 77.8 cm³/mol. The van der Waals surface area contributed by atoms with Gasteiger partial charge in [0.1, 0.15) is 5.70 Å². The van der Waals surface area contributed by atoms with Crippen LogP contribution in [-0.2, 0) is 9.59 Å². The number of furan rings is 1. The second kappa shape index (κ2) is 5.61. The maximum Gasteiger partial charge on any atom is 0.352 e. The van der Waals surface area contributed by atoms with E-state index in [1.54, 1.807) is 18.2 Å². The number of carbonyl (C=O) groups is 3. The SMILES string of the molecule is O=C(O)C1=CC(CSC(=O)c2ccco2)S[C@H]2CC(=O)N12. The number of hydrogen-bond acceptors (Lipinski definition) is 6. The molecule has 6 nitrogen and oxygen atoms in total. The molecule has 1 unspecified atom stereocenters. The molecule has 2 aliphatic rings. The van der Waals surface area contributed by atoms with E-state index < -0.39 is 5.97 Å². The highest BCUT2D eigenvalue weighted by Gasteiger charge is 2.45. The van der Waals surface area contributed by atoms with Gasteiger partial charge in [-0.1, -0.05) is 11.8 Å². The lowest BCUT2D eigenvalue weighted by Crippen LogP contribution is -2.54. The van der Waals surface area contributed by atoms with Crippen LogP contribution in [0.4, 0.5) is 0 Å². The number of β-lactam (4-membered cyclic amide) rings is 1. The first-order chi connectivity index (χ1) is 10.1. The van der Waals surface area contributed by atoms with Crippen LogP contribution in [0, 0.1) is 0 Å². The molecule has 0 aliphatic carbocycles. The van der Waals surface area contributed by atoms with Crippen molar-refractivity contribution in [2.24, 2.45) is 0 Å². The van der Waals surface area contributed by atoms with Gasteiger partial charge in [-0.3, -0.25) is 14.5 Å². The van der Waals surface area contributed by atoms with Crippen molar-refractivity contribution in [3.63, 3.8) is 0 Å². The molecule has 0 bridgehead atoms. The predicted octanol–water partition coefficient (Wildman–Crippen LogP) is 1.80. The Morgan fingerprint density at radius 3 is 2.95 bits per heavy atom. The van der Waals surface area contributed by atoms with Crippen LogP contribution in [-0.4, -0.2) is 43.4 Å². The topological polar surface area (TPSA) is 87.8 Å². The molecule has 21 heavy (non-hydrogen) atoms. The summed E-state index contributed by atoms with van der Waals surface area (Å²) in [4.78, 5) is 35.8. The van der Waals surface area contributed by atoms with Gasteiger partial charge in [-0.15, -0.1) is 11.8 Å². The van der Waals surface area contributed by atoms with Gasteiger partial charge in [0, 0.05) is 11.0 Å². The minimum atomic E-state index is -1.11. The van der Waals surface area contributed by atoms with Gasteiger partial charge in [-0.25, -0.2) is 4.79 Å². The zero-order valence-electron chi connectivity index (χ0n) is 10.7. The van der Waals surface area contributed by atoms with E-state index in [9.17, 15) is 14.4 Å². The molecule has 3 heterocycles. The average molecular weight is 325 g/mol. The number of carboxylic acid groups (broad SMARTS) is 1. The number of aliphatic carboxylic acids is 1.